The minimum absolute atomic E-state index is 0.00499. The molecule has 3 aromatic carbocycles. The summed E-state index contributed by atoms with van der Waals surface area (Å²) in [6.45, 7) is 13.4. The zero-order valence-electron chi connectivity index (χ0n) is 38.8. The van der Waals surface area contributed by atoms with Crippen molar-refractivity contribution in [1.29, 1.82) is 0 Å². The van der Waals surface area contributed by atoms with Crippen LogP contribution in [0.15, 0.2) is 84.0 Å². The van der Waals surface area contributed by atoms with E-state index in [4.69, 9.17) is 14.2 Å². The number of nitrogens with one attached hydrogen (secondary N) is 3. The van der Waals surface area contributed by atoms with Gasteiger partial charge in [-0.2, -0.15) is 0 Å². The number of hydrogen-bond donors (Lipinski definition) is 3. The van der Waals surface area contributed by atoms with Gasteiger partial charge in [-0.05, 0) is 115 Å². The van der Waals surface area contributed by atoms with Gasteiger partial charge in [-0.25, -0.2) is 18.1 Å². The lowest BCUT2D eigenvalue weighted by Crippen LogP contribution is -2.58. The third-order valence-electron chi connectivity index (χ3n) is 15.4. The zero-order valence-corrected chi connectivity index (χ0v) is 39.6. The summed E-state index contributed by atoms with van der Waals surface area (Å²) in [4.78, 5) is 38.0. The van der Waals surface area contributed by atoms with Crippen LogP contribution in [-0.2, 0) is 14.8 Å². The third-order valence-corrected chi connectivity index (χ3v) is 16.7. The topological polar surface area (TPSA) is 181 Å². The molecule has 2 saturated carbocycles. The Hall–Kier alpha value is -5.71. The van der Waals surface area contributed by atoms with Gasteiger partial charge in [-0.3, -0.25) is 19.8 Å². The number of amides is 1. The molecular formula is C51H61N7O8S. The van der Waals surface area contributed by atoms with Crippen LogP contribution in [0.3, 0.4) is 0 Å². The van der Waals surface area contributed by atoms with Gasteiger partial charge in [0.1, 0.15) is 23.3 Å². The van der Waals surface area contributed by atoms with Crippen LogP contribution in [0.1, 0.15) is 113 Å². The number of nitro benzene ring substituents is 1. The smallest absolute Gasteiger partial charge is 0.314 e. The van der Waals surface area contributed by atoms with Crippen molar-refractivity contribution in [2.24, 2.45) is 16.7 Å². The maximum Gasteiger partial charge on any atom is 0.314 e. The summed E-state index contributed by atoms with van der Waals surface area (Å²) < 4.78 is 48.9. The first-order valence-corrected chi connectivity index (χ1v) is 25.4. The number of sulfonamides is 1. The molecular weight excluding hydrogens is 871 g/mol. The number of anilines is 2. The molecule has 2 atom stereocenters. The highest BCUT2D eigenvalue weighted by molar-refractivity contribution is 7.90. The van der Waals surface area contributed by atoms with Gasteiger partial charge in [0.05, 0.1) is 53.1 Å². The highest BCUT2D eigenvalue weighted by Crippen LogP contribution is 2.53. The van der Waals surface area contributed by atoms with Crippen LogP contribution in [-0.4, -0.2) is 85.7 Å². The molecule has 0 radical (unpaired) electrons. The Labute approximate surface area is 392 Å². The molecule has 67 heavy (non-hydrogen) atoms. The number of benzene rings is 3. The molecule has 1 amide bonds. The molecule has 1 spiro atoms. The number of nitro groups is 1. The van der Waals surface area contributed by atoms with E-state index in [1.807, 2.05) is 12.1 Å². The molecule has 2 saturated heterocycles. The first kappa shape index (κ1) is 45.1. The summed E-state index contributed by atoms with van der Waals surface area (Å²) in [7, 11) is -4.63. The van der Waals surface area contributed by atoms with E-state index in [0.29, 0.717) is 36.5 Å². The number of carbonyl (C=O) groups excluding carboxylic acids is 1. The van der Waals surface area contributed by atoms with Crippen LogP contribution in [0.25, 0.3) is 11.0 Å². The largest absolute Gasteiger partial charge is 0.480 e. The summed E-state index contributed by atoms with van der Waals surface area (Å²) >= 11 is 0. The number of carbonyl (C=O) groups is 1. The van der Waals surface area contributed by atoms with Gasteiger partial charge in [-0.1, -0.05) is 52.0 Å². The van der Waals surface area contributed by atoms with Gasteiger partial charge < -0.3 is 29.4 Å². The predicted molar refractivity (Wildman–Crippen MR) is 257 cm³/mol. The molecule has 0 unspecified atom stereocenters. The second-order valence-electron chi connectivity index (χ2n) is 20.6. The Kier molecular flexibility index (Phi) is 11.9. The molecule has 4 fully saturated rings. The van der Waals surface area contributed by atoms with Gasteiger partial charge in [0.25, 0.3) is 15.9 Å². The monoisotopic (exact) mass is 931 g/mol. The Morgan fingerprint density at radius 3 is 2.54 bits per heavy atom. The molecule has 15 nitrogen and oxygen atoms in total. The summed E-state index contributed by atoms with van der Waals surface area (Å²) in [5, 5.41) is 16.4. The fourth-order valence-corrected chi connectivity index (χ4v) is 12.4. The minimum atomic E-state index is -4.63. The van der Waals surface area contributed by atoms with E-state index in [2.05, 4.69) is 81.8 Å². The van der Waals surface area contributed by atoms with Gasteiger partial charge in [0.2, 0.25) is 5.75 Å². The number of fused-ring (bicyclic) bond motifs is 2. The molecule has 16 heteroatoms. The highest BCUT2D eigenvalue weighted by Gasteiger charge is 2.50. The molecule has 354 valence electrons. The number of ether oxygens (including phenoxy) is 3. The van der Waals surface area contributed by atoms with E-state index in [1.54, 1.807) is 30.6 Å². The molecule has 2 aliphatic carbocycles. The van der Waals surface area contributed by atoms with Crippen molar-refractivity contribution in [3.63, 3.8) is 0 Å². The van der Waals surface area contributed by atoms with E-state index >= 15 is 0 Å². The second kappa shape index (κ2) is 17.7. The molecule has 2 aromatic heterocycles. The van der Waals surface area contributed by atoms with E-state index in [0.717, 1.165) is 94.7 Å². The number of hydrogen-bond acceptors (Lipinski definition) is 12. The first-order chi connectivity index (χ1) is 32.1. The Bertz CT molecular complexity index is 2780. The summed E-state index contributed by atoms with van der Waals surface area (Å²) in [5.41, 5.74) is 4.47. The fraction of sp³-hybridized carbons (Fsp3) is 0.490. The van der Waals surface area contributed by atoms with Crippen molar-refractivity contribution >= 4 is 44.0 Å². The number of piperidine rings is 1. The molecule has 3 N–H and O–H groups in total. The second-order valence-corrected chi connectivity index (χ2v) is 22.3. The van der Waals surface area contributed by atoms with Crippen LogP contribution in [0.5, 0.6) is 17.2 Å². The molecule has 5 aliphatic rings. The minimum Gasteiger partial charge on any atom is -0.480 e. The fourth-order valence-electron chi connectivity index (χ4n) is 11.4. The predicted octanol–water partition coefficient (Wildman–Crippen LogP) is 9.72. The first-order valence-electron chi connectivity index (χ1n) is 23.9. The molecule has 3 aliphatic heterocycles. The Morgan fingerprint density at radius 1 is 1.00 bits per heavy atom. The summed E-state index contributed by atoms with van der Waals surface area (Å²) in [5.74, 6) is 0.223. The van der Waals surface area contributed by atoms with Crippen molar-refractivity contribution in [3.05, 3.63) is 106 Å². The van der Waals surface area contributed by atoms with Gasteiger partial charge in [0, 0.05) is 55.1 Å². The van der Waals surface area contributed by atoms with Crippen LogP contribution < -0.4 is 24.4 Å². The summed E-state index contributed by atoms with van der Waals surface area (Å²) in [6.07, 6.45) is 11.3. The van der Waals surface area contributed by atoms with E-state index < -0.39 is 31.4 Å². The van der Waals surface area contributed by atoms with Crippen molar-refractivity contribution in [2.75, 3.05) is 49.6 Å². The number of aromatic nitrogens is 2. The Morgan fingerprint density at radius 2 is 1.78 bits per heavy atom. The van der Waals surface area contributed by atoms with Gasteiger partial charge in [-0.15, -0.1) is 0 Å². The third kappa shape index (κ3) is 9.07. The lowest BCUT2D eigenvalue weighted by Gasteiger charge is -2.57. The Balaban J connectivity index is 0.856. The van der Waals surface area contributed by atoms with Crippen LogP contribution in [0.4, 0.5) is 17.1 Å². The average molecular weight is 932 g/mol. The number of H-pyrrole nitrogens is 1. The van der Waals surface area contributed by atoms with Crippen molar-refractivity contribution in [1.82, 2.24) is 19.6 Å². The van der Waals surface area contributed by atoms with Crippen molar-refractivity contribution in [2.45, 2.75) is 108 Å². The molecule has 10 rings (SSSR count). The maximum absolute atomic E-state index is 14.1. The quantitative estimate of drug-likeness (QED) is 0.0844. The molecule has 5 heterocycles. The van der Waals surface area contributed by atoms with E-state index in [9.17, 15) is 23.3 Å². The van der Waals surface area contributed by atoms with E-state index in [1.165, 1.54) is 17.2 Å². The standard InChI is InChI=1S/C51H61N7O8S/c1-32(2)39-7-5-6-8-40(39)44-31-64-22-21-57(44)36-27-51(28-36)16-19-56(20-17-51)35-9-10-41(45(24-35)65-37-23-34-13-18-52-48(34)54-29-37)49(59)55-67(62,63)38-25-42-47(43(26-38)58(60)61)66-46(30-53-42)33-11-14-50(3,4)15-12-33/h5-10,13,18,23-26,29,32-33,36,44,46,53H,11-12,14-17,19-22,27-28,30-31H2,1-4H3,(H,52,54)(H,55,59)/t44-,46-/m1/s1. The van der Waals surface area contributed by atoms with Crippen molar-refractivity contribution in [3.8, 4) is 17.2 Å². The van der Waals surface area contributed by atoms with Crippen LogP contribution >= 0.6 is 0 Å². The highest BCUT2D eigenvalue weighted by atomic mass is 32.2. The van der Waals surface area contributed by atoms with E-state index in [-0.39, 0.29) is 51.6 Å². The SMILES string of the molecule is CC(C)c1ccccc1[C@H]1COCCN1C1CC2(CCN(c3ccc(C(=O)NS(=O)(=O)c4cc5c(c([N+](=O)[O-])c4)O[C@@H](C4CCC(C)(C)CC4)CN5)c(Oc4cnc5[nH]ccc5c4)c3)CC2)C1. The average Bonchev–Trinajstić information content (AvgIpc) is 3.78. The van der Waals surface area contributed by atoms with Crippen molar-refractivity contribution < 1.29 is 32.3 Å². The molecule has 0 bridgehead atoms. The van der Waals surface area contributed by atoms with Gasteiger partial charge in [0.15, 0.2) is 0 Å². The number of morpholine rings is 1. The summed E-state index contributed by atoms with van der Waals surface area (Å²) in [6, 6.07) is 20.6. The number of nitrogens with zero attached hydrogens (tertiary/aromatic N) is 4. The van der Waals surface area contributed by atoms with Crippen LogP contribution in [0.2, 0.25) is 0 Å². The van der Waals surface area contributed by atoms with Crippen LogP contribution in [0, 0.1) is 26.9 Å². The zero-order chi connectivity index (χ0) is 46.7. The normalized spacial score (nSPS) is 22.1. The maximum atomic E-state index is 14.1. The molecule has 5 aromatic rings. The lowest BCUT2D eigenvalue weighted by atomic mass is 9.59. The number of aromatic amines is 1. The van der Waals surface area contributed by atoms with Gasteiger partial charge >= 0.3 is 5.69 Å². The lowest BCUT2D eigenvalue weighted by molar-refractivity contribution is -0.386. The number of rotatable bonds is 11. The number of pyridine rings is 1.